The van der Waals surface area contributed by atoms with Gasteiger partial charge in [0.15, 0.2) is 0 Å². The number of aliphatic hydroxyl groups excluding tert-OH is 1. The molecule has 15 heavy (non-hydrogen) atoms. The maximum absolute atomic E-state index is 12.3. The summed E-state index contributed by atoms with van der Waals surface area (Å²) in [5.41, 5.74) is 1.16. The van der Waals surface area contributed by atoms with E-state index in [2.05, 4.69) is 0 Å². The molecule has 2 nitrogen and oxygen atoms in total. The predicted molar refractivity (Wildman–Crippen MR) is 51.2 cm³/mol. The van der Waals surface area contributed by atoms with Gasteiger partial charge < -0.3 is 9.84 Å². The van der Waals surface area contributed by atoms with Crippen molar-refractivity contribution in [3.05, 3.63) is 29.3 Å². The van der Waals surface area contributed by atoms with Gasteiger partial charge in [0.2, 0.25) is 0 Å². The molecule has 0 spiro atoms. The van der Waals surface area contributed by atoms with Crippen LogP contribution in [0.4, 0.5) is 8.78 Å². The van der Waals surface area contributed by atoms with Crippen LogP contribution in [0.25, 0.3) is 0 Å². The third-order valence-corrected chi connectivity index (χ3v) is 2.51. The lowest BCUT2D eigenvalue weighted by Gasteiger charge is -2.19. The van der Waals surface area contributed by atoms with Gasteiger partial charge in [-0.1, -0.05) is 6.07 Å². The van der Waals surface area contributed by atoms with Crippen LogP contribution in [0.15, 0.2) is 18.2 Å². The third kappa shape index (κ3) is 2.09. The highest BCUT2D eigenvalue weighted by Crippen LogP contribution is 2.29. The fraction of sp³-hybridized carbons (Fsp3) is 0.455. The second kappa shape index (κ2) is 4.14. The van der Waals surface area contributed by atoms with Crippen LogP contribution in [0.5, 0.6) is 5.75 Å². The van der Waals surface area contributed by atoms with Gasteiger partial charge in [0.1, 0.15) is 11.9 Å². The van der Waals surface area contributed by atoms with Crippen molar-refractivity contribution >= 4 is 0 Å². The second-order valence-corrected chi connectivity index (χ2v) is 3.60. The number of aliphatic hydroxyl groups is 1. The topological polar surface area (TPSA) is 29.5 Å². The highest BCUT2D eigenvalue weighted by Gasteiger charge is 2.21. The lowest BCUT2D eigenvalue weighted by atomic mass is 10.0. The van der Waals surface area contributed by atoms with Gasteiger partial charge in [0.05, 0.1) is 6.61 Å². The monoisotopic (exact) mass is 214 g/mol. The van der Waals surface area contributed by atoms with Gasteiger partial charge in [-0.3, -0.25) is 0 Å². The first-order valence-electron chi connectivity index (χ1n) is 4.90. The van der Waals surface area contributed by atoms with E-state index in [-0.39, 0.29) is 5.56 Å². The highest BCUT2D eigenvalue weighted by atomic mass is 19.3. The summed E-state index contributed by atoms with van der Waals surface area (Å²) in [6, 6.07) is 4.74. The van der Waals surface area contributed by atoms with E-state index in [1.807, 2.05) is 0 Å². The van der Waals surface area contributed by atoms with E-state index in [4.69, 9.17) is 4.74 Å². The Morgan fingerprint density at radius 2 is 2.13 bits per heavy atom. The standard InChI is InChI=1S/C11H12F2O2/c12-11(13)10(14)8-3-4-9-7(6-8)2-1-5-15-9/h3-4,6,10-11,14H,1-2,5H2. The molecule has 0 aliphatic carbocycles. The molecular formula is C11H12F2O2. The molecule has 1 aliphatic rings. The Balaban J connectivity index is 2.27. The normalized spacial score (nSPS) is 17.1. The fourth-order valence-electron chi connectivity index (χ4n) is 1.71. The van der Waals surface area contributed by atoms with Crippen molar-refractivity contribution in [3.63, 3.8) is 0 Å². The fourth-order valence-corrected chi connectivity index (χ4v) is 1.71. The second-order valence-electron chi connectivity index (χ2n) is 3.60. The maximum Gasteiger partial charge on any atom is 0.268 e. The highest BCUT2D eigenvalue weighted by molar-refractivity contribution is 5.39. The zero-order valence-electron chi connectivity index (χ0n) is 8.12. The minimum atomic E-state index is -2.74. The molecular weight excluding hydrogens is 202 g/mol. The van der Waals surface area contributed by atoms with Crippen LogP contribution in [-0.4, -0.2) is 18.1 Å². The number of hydrogen-bond donors (Lipinski definition) is 1. The van der Waals surface area contributed by atoms with Crippen LogP contribution in [0, 0.1) is 0 Å². The van der Waals surface area contributed by atoms with Crippen LogP contribution in [-0.2, 0) is 6.42 Å². The minimum Gasteiger partial charge on any atom is -0.493 e. The summed E-state index contributed by atoms with van der Waals surface area (Å²) in [5, 5.41) is 9.21. The minimum absolute atomic E-state index is 0.259. The Morgan fingerprint density at radius 1 is 1.33 bits per heavy atom. The molecule has 0 bridgehead atoms. The molecule has 0 radical (unpaired) electrons. The van der Waals surface area contributed by atoms with E-state index in [1.165, 1.54) is 6.07 Å². The summed E-state index contributed by atoms with van der Waals surface area (Å²) in [6.45, 7) is 0.670. The molecule has 0 fully saturated rings. The van der Waals surface area contributed by atoms with Crippen molar-refractivity contribution in [3.8, 4) is 5.75 Å². The number of alkyl halides is 2. The largest absolute Gasteiger partial charge is 0.493 e. The first-order valence-corrected chi connectivity index (χ1v) is 4.90. The smallest absolute Gasteiger partial charge is 0.268 e. The first-order chi connectivity index (χ1) is 7.18. The van der Waals surface area contributed by atoms with Crippen LogP contribution in [0.1, 0.15) is 23.7 Å². The number of ether oxygens (including phenoxy) is 1. The van der Waals surface area contributed by atoms with Gasteiger partial charge in [0, 0.05) is 0 Å². The molecule has 2 rings (SSSR count). The molecule has 0 amide bonds. The number of aryl methyl sites for hydroxylation is 1. The number of hydrogen-bond acceptors (Lipinski definition) is 2. The third-order valence-electron chi connectivity index (χ3n) is 2.51. The average Bonchev–Trinajstić information content (AvgIpc) is 2.27. The van der Waals surface area contributed by atoms with Gasteiger partial charge in [0.25, 0.3) is 6.43 Å². The van der Waals surface area contributed by atoms with Crippen molar-refractivity contribution < 1.29 is 18.6 Å². The van der Waals surface area contributed by atoms with Gasteiger partial charge in [-0.05, 0) is 36.1 Å². The summed E-state index contributed by atoms with van der Waals surface area (Å²) in [5.74, 6) is 0.742. The van der Waals surface area contributed by atoms with Gasteiger partial charge in [-0.25, -0.2) is 8.78 Å². The van der Waals surface area contributed by atoms with E-state index < -0.39 is 12.5 Å². The van der Waals surface area contributed by atoms with E-state index in [0.29, 0.717) is 6.61 Å². The Kier molecular flexibility index (Phi) is 2.86. The molecule has 1 unspecified atom stereocenters. The van der Waals surface area contributed by atoms with Gasteiger partial charge >= 0.3 is 0 Å². The molecule has 82 valence electrons. The molecule has 1 heterocycles. The first kappa shape index (κ1) is 10.4. The predicted octanol–water partition coefficient (Wildman–Crippen LogP) is 2.31. The zero-order chi connectivity index (χ0) is 10.8. The van der Waals surface area contributed by atoms with E-state index >= 15 is 0 Å². The van der Waals surface area contributed by atoms with Crippen molar-refractivity contribution in [1.82, 2.24) is 0 Å². The molecule has 4 heteroatoms. The molecule has 1 aromatic carbocycles. The Hall–Kier alpha value is -1.16. The van der Waals surface area contributed by atoms with Crippen molar-refractivity contribution in [1.29, 1.82) is 0 Å². The lowest BCUT2D eigenvalue weighted by Crippen LogP contribution is -2.12. The molecule has 0 saturated heterocycles. The van der Waals surface area contributed by atoms with E-state index in [1.54, 1.807) is 12.1 Å². The maximum atomic E-state index is 12.3. The Bertz CT molecular complexity index is 352. The molecule has 1 aliphatic heterocycles. The number of rotatable bonds is 2. The zero-order valence-corrected chi connectivity index (χ0v) is 8.12. The average molecular weight is 214 g/mol. The van der Waals surface area contributed by atoms with Crippen LogP contribution >= 0.6 is 0 Å². The van der Waals surface area contributed by atoms with Crippen LogP contribution in [0.2, 0.25) is 0 Å². The Labute approximate surface area is 86.5 Å². The molecule has 0 saturated carbocycles. The SMILES string of the molecule is OC(c1ccc2c(c1)CCCO2)C(F)F. The molecule has 1 N–H and O–H groups in total. The summed E-state index contributed by atoms with van der Waals surface area (Å²) >= 11 is 0. The van der Waals surface area contributed by atoms with Crippen LogP contribution in [0.3, 0.4) is 0 Å². The van der Waals surface area contributed by atoms with Crippen molar-refractivity contribution in [2.45, 2.75) is 25.4 Å². The van der Waals surface area contributed by atoms with Gasteiger partial charge in [-0.2, -0.15) is 0 Å². The number of benzene rings is 1. The van der Waals surface area contributed by atoms with Crippen molar-refractivity contribution in [2.24, 2.45) is 0 Å². The van der Waals surface area contributed by atoms with Crippen molar-refractivity contribution in [2.75, 3.05) is 6.61 Å². The lowest BCUT2D eigenvalue weighted by molar-refractivity contribution is -0.00586. The van der Waals surface area contributed by atoms with Gasteiger partial charge in [-0.15, -0.1) is 0 Å². The summed E-state index contributed by atoms with van der Waals surface area (Å²) in [7, 11) is 0. The molecule has 1 aromatic rings. The quantitative estimate of drug-likeness (QED) is 0.818. The molecule has 1 atom stereocenters. The van der Waals surface area contributed by atoms with E-state index in [0.717, 1.165) is 24.2 Å². The summed E-state index contributed by atoms with van der Waals surface area (Å²) in [6.07, 6.45) is -2.73. The summed E-state index contributed by atoms with van der Waals surface area (Å²) in [4.78, 5) is 0. The number of fused-ring (bicyclic) bond motifs is 1. The summed E-state index contributed by atoms with van der Waals surface area (Å²) < 4.78 is 29.9. The number of halogens is 2. The van der Waals surface area contributed by atoms with Crippen LogP contribution < -0.4 is 4.74 Å². The van der Waals surface area contributed by atoms with E-state index in [9.17, 15) is 13.9 Å². The molecule has 0 aromatic heterocycles. The Morgan fingerprint density at radius 3 is 2.87 bits per heavy atom.